The summed E-state index contributed by atoms with van der Waals surface area (Å²) < 4.78 is 27.0. The second-order valence-corrected chi connectivity index (χ2v) is 8.11. The van der Waals surface area contributed by atoms with Gasteiger partial charge in [0.2, 0.25) is 0 Å². The zero-order valence-electron chi connectivity index (χ0n) is 13.6. The maximum atomic E-state index is 12.8. The van der Waals surface area contributed by atoms with E-state index in [1.54, 1.807) is 30.5 Å². The Kier molecular flexibility index (Phi) is 3.70. The minimum absolute atomic E-state index is 0.309. The van der Waals surface area contributed by atoms with Gasteiger partial charge in [-0.05, 0) is 42.4 Å². The molecular formula is C19H20N2O2S. The molecule has 0 N–H and O–H groups in total. The molecule has 1 fully saturated rings. The van der Waals surface area contributed by atoms with Gasteiger partial charge in [-0.25, -0.2) is 12.4 Å². The molecule has 2 heterocycles. The number of likely N-dealkylation sites (N-methyl/N-ethyl adjacent to an activating group) is 1. The minimum Gasteiger partial charge on any atom is -0.302 e. The van der Waals surface area contributed by atoms with E-state index in [9.17, 15) is 8.42 Å². The summed E-state index contributed by atoms with van der Waals surface area (Å²) >= 11 is 0. The van der Waals surface area contributed by atoms with Gasteiger partial charge in [0.25, 0.3) is 10.0 Å². The molecule has 24 heavy (non-hydrogen) atoms. The highest BCUT2D eigenvalue weighted by atomic mass is 32.2. The molecule has 2 aromatic carbocycles. The van der Waals surface area contributed by atoms with Gasteiger partial charge in [-0.2, -0.15) is 0 Å². The van der Waals surface area contributed by atoms with E-state index in [1.807, 2.05) is 18.2 Å². The largest absolute Gasteiger partial charge is 0.302 e. The van der Waals surface area contributed by atoms with E-state index >= 15 is 0 Å². The first-order valence-electron chi connectivity index (χ1n) is 8.23. The molecule has 5 heteroatoms. The summed E-state index contributed by atoms with van der Waals surface area (Å²) in [6.45, 7) is 5.44. The van der Waals surface area contributed by atoms with Crippen molar-refractivity contribution in [2.75, 3.05) is 19.6 Å². The van der Waals surface area contributed by atoms with E-state index in [1.165, 1.54) is 9.54 Å². The number of likely N-dealkylation sites (tertiary alicyclic amines) is 1. The zero-order chi connectivity index (χ0) is 16.7. The van der Waals surface area contributed by atoms with Crippen molar-refractivity contribution in [2.24, 2.45) is 0 Å². The second kappa shape index (κ2) is 5.76. The van der Waals surface area contributed by atoms with Gasteiger partial charge < -0.3 is 4.90 Å². The zero-order valence-corrected chi connectivity index (χ0v) is 14.4. The van der Waals surface area contributed by atoms with Crippen LogP contribution in [0.15, 0.2) is 65.7 Å². The highest BCUT2D eigenvalue weighted by Gasteiger charge is 2.27. The lowest BCUT2D eigenvalue weighted by molar-refractivity contribution is 0.157. The number of fused-ring (bicyclic) bond motifs is 1. The number of hydrogen-bond acceptors (Lipinski definition) is 3. The minimum atomic E-state index is -3.55. The van der Waals surface area contributed by atoms with E-state index in [4.69, 9.17) is 0 Å². The van der Waals surface area contributed by atoms with E-state index in [-0.39, 0.29) is 0 Å². The number of aromatic nitrogens is 1. The maximum Gasteiger partial charge on any atom is 0.268 e. The van der Waals surface area contributed by atoms with Crippen LogP contribution in [0.5, 0.6) is 0 Å². The fourth-order valence-electron chi connectivity index (χ4n) is 3.34. The summed E-state index contributed by atoms with van der Waals surface area (Å²) in [6.07, 6.45) is 1.65. The average molecular weight is 340 g/mol. The molecule has 0 aliphatic carbocycles. The Balaban J connectivity index is 1.71. The second-order valence-electron chi connectivity index (χ2n) is 6.30. The molecule has 0 spiro atoms. The monoisotopic (exact) mass is 340 g/mol. The molecule has 0 radical (unpaired) electrons. The van der Waals surface area contributed by atoms with Gasteiger partial charge in [0.05, 0.1) is 10.4 Å². The Bertz CT molecular complexity index is 971. The van der Waals surface area contributed by atoms with Crippen molar-refractivity contribution in [3.63, 3.8) is 0 Å². The van der Waals surface area contributed by atoms with Crippen LogP contribution in [0.25, 0.3) is 10.9 Å². The number of hydrogen-bond donors (Lipinski definition) is 0. The normalized spacial score (nSPS) is 16.4. The quantitative estimate of drug-likeness (QED) is 0.732. The lowest BCUT2D eigenvalue weighted by Crippen LogP contribution is -2.44. The van der Waals surface area contributed by atoms with Crippen molar-refractivity contribution in [3.05, 3.63) is 66.4 Å². The fraction of sp³-hybridized carbons (Fsp3) is 0.263. The smallest absolute Gasteiger partial charge is 0.268 e. The predicted octanol–water partition coefficient (Wildman–Crippen LogP) is 3.30. The van der Waals surface area contributed by atoms with Gasteiger partial charge in [-0.15, -0.1) is 0 Å². The highest BCUT2D eigenvalue weighted by molar-refractivity contribution is 7.90. The molecule has 4 rings (SSSR count). The standard InChI is InChI=1S/C19H20N2O2S/c1-2-20-13-17(14-20)15-8-9-19-16(12-15)10-11-21(19)24(22,23)18-6-4-3-5-7-18/h3-12,17H,2,13-14H2,1H3. The Labute approximate surface area is 142 Å². The SMILES string of the molecule is CCN1CC(c2ccc3c(ccn3S(=O)(=O)c3ccccc3)c2)C1. The van der Waals surface area contributed by atoms with Crippen LogP contribution in [0.4, 0.5) is 0 Å². The maximum absolute atomic E-state index is 12.8. The lowest BCUT2D eigenvalue weighted by atomic mass is 9.91. The average Bonchev–Trinajstić information content (AvgIpc) is 2.99. The number of rotatable bonds is 4. The molecular weight excluding hydrogens is 320 g/mol. The van der Waals surface area contributed by atoms with Gasteiger partial charge in [0.1, 0.15) is 0 Å². The van der Waals surface area contributed by atoms with Crippen LogP contribution in [0, 0.1) is 0 Å². The molecule has 1 saturated heterocycles. The first kappa shape index (κ1) is 15.4. The number of nitrogens with zero attached hydrogens (tertiary/aromatic N) is 2. The highest BCUT2D eigenvalue weighted by Crippen LogP contribution is 2.30. The number of benzene rings is 2. The van der Waals surface area contributed by atoms with Crippen molar-refractivity contribution in [2.45, 2.75) is 17.7 Å². The van der Waals surface area contributed by atoms with Gasteiger partial charge in [-0.3, -0.25) is 0 Å². The van der Waals surface area contributed by atoms with Gasteiger partial charge >= 0.3 is 0 Å². The third-order valence-electron chi connectivity index (χ3n) is 4.85. The summed E-state index contributed by atoms with van der Waals surface area (Å²) in [5, 5.41) is 0.974. The van der Waals surface area contributed by atoms with Crippen LogP contribution >= 0.6 is 0 Å². The summed E-state index contributed by atoms with van der Waals surface area (Å²) in [5.41, 5.74) is 2.02. The van der Waals surface area contributed by atoms with E-state index in [0.29, 0.717) is 10.8 Å². The molecule has 0 bridgehead atoms. The molecule has 0 atom stereocenters. The van der Waals surface area contributed by atoms with Crippen LogP contribution in [-0.4, -0.2) is 36.9 Å². The molecule has 1 aliphatic rings. The van der Waals surface area contributed by atoms with Crippen LogP contribution in [0.1, 0.15) is 18.4 Å². The summed E-state index contributed by atoms with van der Waals surface area (Å²) in [4.78, 5) is 2.71. The summed E-state index contributed by atoms with van der Waals surface area (Å²) in [6, 6.07) is 16.6. The molecule has 3 aromatic rings. The fourth-order valence-corrected chi connectivity index (χ4v) is 4.72. The third-order valence-corrected chi connectivity index (χ3v) is 6.56. The Morgan fingerprint density at radius 3 is 2.50 bits per heavy atom. The van der Waals surface area contributed by atoms with E-state index < -0.39 is 10.0 Å². The topological polar surface area (TPSA) is 42.3 Å². The van der Waals surface area contributed by atoms with Crippen LogP contribution in [0.3, 0.4) is 0 Å². The van der Waals surface area contributed by atoms with Crippen LogP contribution < -0.4 is 0 Å². The molecule has 0 saturated carbocycles. The van der Waals surface area contributed by atoms with Crippen molar-refractivity contribution in [1.82, 2.24) is 8.87 Å². The summed E-state index contributed by atoms with van der Waals surface area (Å²) in [5.74, 6) is 0.559. The Hall–Kier alpha value is -2.11. The Morgan fingerprint density at radius 2 is 1.79 bits per heavy atom. The Morgan fingerprint density at radius 1 is 1.04 bits per heavy atom. The lowest BCUT2D eigenvalue weighted by Gasteiger charge is -2.38. The van der Waals surface area contributed by atoms with Gasteiger partial charge in [0.15, 0.2) is 0 Å². The first-order chi connectivity index (χ1) is 11.6. The van der Waals surface area contributed by atoms with Crippen molar-refractivity contribution >= 4 is 20.9 Å². The molecule has 124 valence electrons. The molecule has 0 amide bonds. The van der Waals surface area contributed by atoms with E-state index in [0.717, 1.165) is 30.5 Å². The van der Waals surface area contributed by atoms with Gasteiger partial charge in [-0.1, -0.05) is 31.2 Å². The molecule has 1 aliphatic heterocycles. The van der Waals surface area contributed by atoms with Crippen LogP contribution in [0.2, 0.25) is 0 Å². The van der Waals surface area contributed by atoms with Crippen molar-refractivity contribution in [3.8, 4) is 0 Å². The molecule has 1 aromatic heterocycles. The summed E-state index contributed by atoms with van der Waals surface area (Å²) in [7, 11) is -3.55. The first-order valence-corrected chi connectivity index (χ1v) is 9.67. The van der Waals surface area contributed by atoms with E-state index in [2.05, 4.69) is 24.0 Å². The molecule has 0 unspecified atom stereocenters. The van der Waals surface area contributed by atoms with Crippen LogP contribution in [-0.2, 0) is 10.0 Å². The van der Waals surface area contributed by atoms with Crippen molar-refractivity contribution in [1.29, 1.82) is 0 Å². The third kappa shape index (κ3) is 2.44. The van der Waals surface area contributed by atoms with Gasteiger partial charge in [0, 0.05) is 30.6 Å². The molecule has 4 nitrogen and oxygen atoms in total. The predicted molar refractivity (Wildman–Crippen MR) is 95.8 cm³/mol. The van der Waals surface area contributed by atoms with Crippen molar-refractivity contribution < 1.29 is 8.42 Å².